The van der Waals surface area contributed by atoms with Crippen LogP contribution in [0.25, 0.3) is 0 Å². The molecular weight excluding hydrogens is 204 g/mol. The maximum atomic E-state index is 11.9. The second-order valence-corrected chi connectivity index (χ2v) is 3.72. The van der Waals surface area contributed by atoms with Crippen LogP contribution in [0.1, 0.15) is 21.8 Å². The quantitative estimate of drug-likeness (QED) is 0.854. The molecule has 0 radical (unpaired) electrons. The zero-order chi connectivity index (χ0) is 11.5. The number of nitrogens with zero attached hydrogens (tertiary/aromatic N) is 1. The molecule has 0 saturated carbocycles. The van der Waals surface area contributed by atoms with E-state index in [1.165, 1.54) is 0 Å². The molecule has 0 aliphatic carbocycles. The summed E-state index contributed by atoms with van der Waals surface area (Å²) in [5, 5.41) is 2.82. The second-order valence-electron chi connectivity index (χ2n) is 3.72. The predicted octanol–water partition coefficient (Wildman–Crippen LogP) is 1.86. The first-order valence-electron chi connectivity index (χ1n) is 5.11. The lowest BCUT2D eigenvalue weighted by molar-refractivity contribution is 0.0939. The van der Waals surface area contributed by atoms with Crippen molar-refractivity contribution in [1.82, 2.24) is 9.88 Å². The van der Waals surface area contributed by atoms with Crippen molar-refractivity contribution in [3.8, 4) is 0 Å². The van der Waals surface area contributed by atoms with E-state index in [9.17, 15) is 4.79 Å². The third kappa shape index (κ3) is 2.00. The molecule has 0 spiro atoms. The van der Waals surface area contributed by atoms with E-state index in [1.54, 1.807) is 12.3 Å². The van der Waals surface area contributed by atoms with Crippen LogP contribution in [-0.2, 0) is 13.6 Å². The molecule has 1 amide bonds. The van der Waals surface area contributed by atoms with Crippen molar-refractivity contribution >= 4 is 5.91 Å². The van der Waals surface area contributed by atoms with Gasteiger partial charge < -0.3 is 14.3 Å². The number of carbonyl (C=O) groups excluding carboxylic acids is 1. The summed E-state index contributed by atoms with van der Waals surface area (Å²) < 4.78 is 6.95. The third-order valence-corrected chi connectivity index (χ3v) is 2.49. The highest BCUT2D eigenvalue weighted by Gasteiger charge is 2.12. The number of hydrogen-bond donors (Lipinski definition) is 1. The Bertz CT molecular complexity index is 464. The molecule has 4 heteroatoms. The van der Waals surface area contributed by atoms with Crippen LogP contribution in [0, 0.1) is 6.92 Å². The summed E-state index contributed by atoms with van der Waals surface area (Å²) >= 11 is 0. The average molecular weight is 218 g/mol. The van der Waals surface area contributed by atoms with Crippen LogP contribution in [0.5, 0.6) is 0 Å². The van der Waals surface area contributed by atoms with Crippen LogP contribution >= 0.6 is 0 Å². The lowest BCUT2D eigenvalue weighted by Crippen LogP contribution is -2.25. The minimum Gasteiger partial charge on any atom is -0.467 e. The second kappa shape index (κ2) is 4.26. The van der Waals surface area contributed by atoms with Gasteiger partial charge in [-0.2, -0.15) is 0 Å². The van der Waals surface area contributed by atoms with Crippen LogP contribution in [0.15, 0.2) is 35.1 Å². The summed E-state index contributed by atoms with van der Waals surface area (Å²) in [6.45, 7) is 2.33. The predicted molar refractivity (Wildman–Crippen MR) is 60.0 cm³/mol. The van der Waals surface area contributed by atoms with Crippen molar-refractivity contribution < 1.29 is 9.21 Å². The minimum atomic E-state index is -0.0820. The molecule has 0 aromatic carbocycles. The Morgan fingerprint density at radius 1 is 1.50 bits per heavy atom. The number of furan rings is 1. The SMILES string of the molecule is Cc1ccn(C)c1C(=O)NCc1ccco1. The largest absolute Gasteiger partial charge is 0.467 e. The topological polar surface area (TPSA) is 47.2 Å². The van der Waals surface area contributed by atoms with Crippen molar-refractivity contribution in [3.05, 3.63) is 47.7 Å². The summed E-state index contributed by atoms with van der Waals surface area (Å²) in [7, 11) is 1.86. The number of amides is 1. The molecule has 0 atom stereocenters. The Balaban J connectivity index is 2.04. The molecule has 0 saturated heterocycles. The van der Waals surface area contributed by atoms with Gasteiger partial charge in [-0.25, -0.2) is 0 Å². The summed E-state index contributed by atoms with van der Waals surface area (Å²) in [6, 6.07) is 5.55. The Labute approximate surface area is 93.9 Å². The fraction of sp³-hybridized carbons (Fsp3) is 0.250. The van der Waals surface area contributed by atoms with Crippen LogP contribution in [0.2, 0.25) is 0 Å². The molecule has 1 N–H and O–H groups in total. The van der Waals surface area contributed by atoms with Gasteiger partial charge in [-0.05, 0) is 30.7 Å². The third-order valence-electron chi connectivity index (χ3n) is 2.49. The fourth-order valence-corrected chi connectivity index (χ4v) is 1.66. The molecule has 0 fully saturated rings. The molecular formula is C12H14N2O2. The molecule has 0 unspecified atom stereocenters. The Hall–Kier alpha value is -1.97. The van der Waals surface area contributed by atoms with E-state index in [0.29, 0.717) is 12.2 Å². The molecule has 4 nitrogen and oxygen atoms in total. The van der Waals surface area contributed by atoms with Crippen molar-refractivity contribution in [2.75, 3.05) is 0 Å². The van der Waals surface area contributed by atoms with Gasteiger partial charge in [-0.15, -0.1) is 0 Å². The normalized spacial score (nSPS) is 10.4. The summed E-state index contributed by atoms with van der Waals surface area (Å²) in [5.74, 6) is 0.668. The van der Waals surface area contributed by atoms with E-state index >= 15 is 0 Å². The number of hydrogen-bond acceptors (Lipinski definition) is 2. The highest BCUT2D eigenvalue weighted by molar-refractivity contribution is 5.94. The molecule has 2 aromatic rings. The monoisotopic (exact) mass is 218 g/mol. The van der Waals surface area contributed by atoms with E-state index < -0.39 is 0 Å². The number of aryl methyl sites for hydroxylation is 2. The van der Waals surface area contributed by atoms with Gasteiger partial charge in [0.15, 0.2) is 0 Å². The van der Waals surface area contributed by atoms with Crippen molar-refractivity contribution in [2.24, 2.45) is 7.05 Å². The number of aromatic nitrogens is 1. The first-order valence-corrected chi connectivity index (χ1v) is 5.11. The molecule has 2 rings (SSSR count). The summed E-state index contributed by atoms with van der Waals surface area (Å²) in [6.07, 6.45) is 3.46. The fourth-order valence-electron chi connectivity index (χ4n) is 1.66. The average Bonchev–Trinajstić information content (AvgIpc) is 2.86. The smallest absolute Gasteiger partial charge is 0.268 e. The Morgan fingerprint density at radius 3 is 2.88 bits per heavy atom. The van der Waals surface area contributed by atoms with Gasteiger partial charge in [0.1, 0.15) is 11.5 Å². The van der Waals surface area contributed by atoms with Crippen LogP contribution in [0.3, 0.4) is 0 Å². The maximum absolute atomic E-state index is 11.9. The van der Waals surface area contributed by atoms with Gasteiger partial charge in [-0.3, -0.25) is 4.79 Å². The lowest BCUT2D eigenvalue weighted by atomic mass is 10.2. The zero-order valence-corrected chi connectivity index (χ0v) is 9.36. The Kier molecular flexibility index (Phi) is 2.81. The highest BCUT2D eigenvalue weighted by Crippen LogP contribution is 2.08. The maximum Gasteiger partial charge on any atom is 0.268 e. The zero-order valence-electron chi connectivity index (χ0n) is 9.36. The number of rotatable bonds is 3. The van der Waals surface area contributed by atoms with E-state index in [4.69, 9.17) is 4.42 Å². The number of carbonyl (C=O) groups is 1. The summed E-state index contributed by atoms with van der Waals surface area (Å²) in [4.78, 5) is 11.9. The minimum absolute atomic E-state index is 0.0820. The standard InChI is InChI=1S/C12H14N2O2/c1-9-5-6-14(2)11(9)12(15)13-8-10-4-3-7-16-10/h3-7H,8H2,1-2H3,(H,13,15). The van der Waals surface area contributed by atoms with E-state index in [1.807, 2.05) is 36.9 Å². The van der Waals surface area contributed by atoms with Crippen LogP contribution in [-0.4, -0.2) is 10.5 Å². The summed E-state index contributed by atoms with van der Waals surface area (Å²) in [5.41, 5.74) is 1.66. The van der Waals surface area contributed by atoms with Gasteiger partial charge >= 0.3 is 0 Å². The first-order chi connectivity index (χ1) is 7.68. The van der Waals surface area contributed by atoms with Gasteiger partial charge in [0.05, 0.1) is 12.8 Å². The van der Waals surface area contributed by atoms with E-state index in [2.05, 4.69) is 5.32 Å². The van der Waals surface area contributed by atoms with Gasteiger partial charge in [0, 0.05) is 13.2 Å². The molecule has 0 aliphatic heterocycles. The van der Waals surface area contributed by atoms with Gasteiger partial charge in [-0.1, -0.05) is 0 Å². The van der Waals surface area contributed by atoms with Gasteiger partial charge in [0.25, 0.3) is 5.91 Å². The van der Waals surface area contributed by atoms with Crippen molar-refractivity contribution in [1.29, 1.82) is 0 Å². The molecule has 84 valence electrons. The van der Waals surface area contributed by atoms with Crippen molar-refractivity contribution in [2.45, 2.75) is 13.5 Å². The highest BCUT2D eigenvalue weighted by atomic mass is 16.3. The number of nitrogens with one attached hydrogen (secondary N) is 1. The van der Waals surface area contributed by atoms with Gasteiger partial charge in [0.2, 0.25) is 0 Å². The lowest BCUT2D eigenvalue weighted by Gasteiger charge is -2.05. The molecule has 2 heterocycles. The van der Waals surface area contributed by atoms with Crippen LogP contribution < -0.4 is 5.32 Å². The van der Waals surface area contributed by atoms with Crippen LogP contribution in [0.4, 0.5) is 0 Å². The molecule has 0 bridgehead atoms. The van der Waals surface area contributed by atoms with E-state index in [0.717, 1.165) is 11.3 Å². The molecule has 2 aromatic heterocycles. The molecule has 0 aliphatic rings. The van der Waals surface area contributed by atoms with E-state index in [-0.39, 0.29) is 5.91 Å². The first kappa shape index (κ1) is 10.5. The Morgan fingerprint density at radius 2 is 2.31 bits per heavy atom. The molecule has 16 heavy (non-hydrogen) atoms. The van der Waals surface area contributed by atoms with Crippen molar-refractivity contribution in [3.63, 3.8) is 0 Å².